The highest BCUT2D eigenvalue weighted by atomic mass is 16.6. The third-order valence-corrected chi connectivity index (χ3v) is 3.41. The summed E-state index contributed by atoms with van der Waals surface area (Å²) in [6.45, 7) is 3.98. The zero-order valence-electron chi connectivity index (χ0n) is 11.5. The van der Waals surface area contributed by atoms with Gasteiger partial charge in [-0.15, -0.1) is 0 Å². The van der Waals surface area contributed by atoms with Gasteiger partial charge in [0, 0.05) is 5.69 Å². The van der Waals surface area contributed by atoms with Gasteiger partial charge in [-0.3, -0.25) is 4.79 Å². The molecule has 2 aliphatic rings. The van der Waals surface area contributed by atoms with Crippen molar-refractivity contribution in [1.82, 2.24) is 0 Å². The second-order valence-corrected chi connectivity index (χ2v) is 5.13. The van der Waals surface area contributed by atoms with Gasteiger partial charge in [0.15, 0.2) is 0 Å². The van der Waals surface area contributed by atoms with Crippen molar-refractivity contribution in [3.8, 4) is 0 Å². The molecule has 2 atom stereocenters. The lowest BCUT2D eigenvalue weighted by atomic mass is 9.92. The molecule has 1 N–H and O–H groups in total. The number of cyclic esters (lactones) is 1. The molecule has 0 spiro atoms. The number of hydrogen-bond acceptors (Lipinski definition) is 4. The Hall–Kier alpha value is -2.36. The number of nitrogens with one attached hydrogen (secondary N) is 1. The SMILES string of the molecule is CC1=CC2C(=O)OC(Nc3ccc(C)cc3)=NC2C=C1. The van der Waals surface area contributed by atoms with Gasteiger partial charge in [0.2, 0.25) is 0 Å². The number of benzene rings is 1. The average Bonchev–Trinajstić information content (AvgIpc) is 2.42. The number of carbonyl (C=O) groups is 1. The number of fused-ring (bicyclic) bond motifs is 1. The zero-order valence-corrected chi connectivity index (χ0v) is 11.5. The average molecular weight is 268 g/mol. The van der Waals surface area contributed by atoms with Gasteiger partial charge in [0.05, 0.1) is 6.04 Å². The van der Waals surface area contributed by atoms with Crippen molar-refractivity contribution < 1.29 is 9.53 Å². The quantitative estimate of drug-likeness (QED) is 0.797. The van der Waals surface area contributed by atoms with E-state index in [9.17, 15) is 4.79 Å². The lowest BCUT2D eigenvalue weighted by Crippen LogP contribution is -2.37. The van der Waals surface area contributed by atoms with Crippen LogP contribution < -0.4 is 5.32 Å². The number of carbonyl (C=O) groups excluding carboxylic acids is 1. The first-order valence-electron chi connectivity index (χ1n) is 6.61. The Morgan fingerprint density at radius 2 is 1.95 bits per heavy atom. The van der Waals surface area contributed by atoms with Crippen molar-refractivity contribution in [2.45, 2.75) is 19.9 Å². The van der Waals surface area contributed by atoms with E-state index in [1.807, 2.05) is 56.3 Å². The van der Waals surface area contributed by atoms with E-state index in [4.69, 9.17) is 4.74 Å². The van der Waals surface area contributed by atoms with Crippen LogP contribution in [0.3, 0.4) is 0 Å². The van der Waals surface area contributed by atoms with Gasteiger partial charge in [0.25, 0.3) is 6.02 Å². The first-order valence-corrected chi connectivity index (χ1v) is 6.61. The van der Waals surface area contributed by atoms with Crippen molar-refractivity contribution in [3.63, 3.8) is 0 Å². The molecule has 0 amide bonds. The van der Waals surface area contributed by atoms with E-state index in [-0.39, 0.29) is 24.0 Å². The van der Waals surface area contributed by atoms with E-state index in [2.05, 4.69) is 10.3 Å². The van der Waals surface area contributed by atoms with E-state index < -0.39 is 0 Å². The minimum absolute atomic E-state index is 0.173. The molecule has 0 saturated carbocycles. The molecule has 1 aliphatic heterocycles. The highest BCUT2D eigenvalue weighted by Crippen LogP contribution is 2.25. The molecule has 2 unspecified atom stereocenters. The number of anilines is 1. The minimum atomic E-state index is -0.302. The molecule has 20 heavy (non-hydrogen) atoms. The lowest BCUT2D eigenvalue weighted by molar-refractivity contribution is -0.139. The monoisotopic (exact) mass is 268 g/mol. The van der Waals surface area contributed by atoms with Crippen LogP contribution in [0.15, 0.2) is 53.1 Å². The Kier molecular flexibility index (Phi) is 3.14. The van der Waals surface area contributed by atoms with Gasteiger partial charge in [-0.25, -0.2) is 4.99 Å². The number of esters is 1. The summed E-state index contributed by atoms with van der Waals surface area (Å²) < 4.78 is 5.26. The molecule has 3 rings (SSSR count). The molecule has 1 aromatic rings. The normalized spacial score (nSPS) is 24.4. The lowest BCUT2D eigenvalue weighted by Gasteiger charge is -2.26. The van der Waals surface area contributed by atoms with Crippen molar-refractivity contribution in [2.24, 2.45) is 10.9 Å². The summed E-state index contributed by atoms with van der Waals surface area (Å²) in [5, 5.41) is 3.04. The fraction of sp³-hybridized carbons (Fsp3) is 0.250. The van der Waals surface area contributed by atoms with E-state index >= 15 is 0 Å². The molecule has 0 saturated heterocycles. The molecular weight excluding hydrogens is 252 g/mol. The first kappa shape index (κ1) is 12.7. The third-order valence-electron chi connectivity index (χ3n) is 3.41. The molecule has 1 aromatic carbocycles. The molecule has 4 nitrogen and oxygen atoms in total. The molecule has 102 valence electrons. The largest absolute Gasteiger partial charge is 0.392 e. The van der Waals surface area contributed by atoms with Crippen LogP contribution in [-0.2, 0) is 9.53 Å². The highest BCUT2D eigenvalue weighted by Gasteiger charge is 2.33. The maximum absolute atomic E-state index is 12.0. The van der Waals surface area contributed by atoms with E-state index in [1.54, 1.807) is 0 Å². The van der Waals surface area contributed by atoms with Crippen molar-refractivity contribution in [2.75, 3.05) is 5.32 Å². The number of amidine groups is 1. The minimum Gasteiger partial charge on any atom is -0.392 e. The number of allylic oxidation sites excluding steroid dienone is 2. The van der Waals surface area contributed by atoms with Crippen LogP contribution in [0, 0.1) is 12.8 Å². The van der Waals surface area contributed by atoms with E-state index in [0.29, 0.717) is 0 Å². The van der Waals surface area contributed by atoms with Gasteiger partial charge in [-0.05, 0) is 26.0 Å². The van der Waals surface area contributed by atoms with Crippen molar-refractivity contribution in [3.05, 3.63) is 53.6 Å². The highest BCUT2D eigenvalue weighted by molar-refractivity contribution is 5.99. The van der Waals surface area contributed by atoms with Gasteiger partial charge in [0.1, 0.15) is 5.92 Å². The van der Waals surface area contributed by atoms with Crippen LogP contribution in [0.25, 0.3) is 0 Å². The second kappa shape index (κ2) is 4.96. The number of rotatable bonds is 1. The topological polar surface area (TPSA) is 50.7 Å². The Bertz CT molecular complexity index is 626. The van der Waals surface area contributed by atoms with Crippen molar-refractivity contribution in [1.29, 1.82) is 0 Å². The Balaban J connectivity index is 1.80. The third kappa shape index (κ3) is 2.50. The van der Waals surface area contributed by atoms with Crippen molar-refractivity contribution >= 4 is 17.7 Å². The second-order valence-electron chi connectivity index (χ2n) is 5.13. The number of hydrogen-bond donors (Lipinski definition) is 1. The number of ether oxygens (including phenoxy) is 1. The summed E-state index contributed by atoms with van der Waals surface area (Å²) >= 11 is 0. The summed E-state index contributed by atoms with van der Waals surface area (Å²) in [6.07, 6.45) is 5.82. The van der Waals surface area contributed by atoms with Crippen LogP contribution >= 0.6 is 0 Å². The Morgan fingerprint density at radius 3 is 2.70 bits per heavy atom. The van der Waals surface area contributed by atoms with Gasteiger partial charge < -0.3 is 10.1 Å². The summed E-state index contributed by atoms with van der Waals surface area (Å²) in [6, 6.07) is 7.92. The van der Waals surface area contributed by atoms with Crippen LogP contribution in [0.4, 0.5) is 5.69 Å². The summed E-state index contributed by atoms with van der Waals surface area (Å²) in [5.41, 5.74) is 3.09. The van der Waals surface area contributed by atoms with Crippen LogP contribution in [0.1, 0.15) is 12.5 Å². The maximum Gasteiger partial charge on any atom is 0.323 e. The molecule has 1 heterocycles. The molecule has 4 heteroatoms. The summed E-state index contributed by atoms with van der Waals surface area (Å²) in [5.74, 6) is -0.563. The zero-order chi connectivity index (χ0) is 14.1. The molecule has 0 radical (unpaired) electrons. The Labute approximate surface area is 117 Å². The molecule has 1 aliphatic carbocycles. The Morgan fingerprint density at radius 1 is 1.20 bits per heavy atom. The number of aryl methyl sites for hydroxylation is 1. The fourth-order valence-electron chi connectivity index (χ4n) is 2.28. The molecule has 0 bridgehead atoms. The fourth-order valence-corrected chi connectivity index (χ4v) is 2.28. The smallest absolute Gasteiger partial charge is 0.323 e. The predicted octanol–water partition coefficient (Wildman–Crippen LogP) is 2.82. The number of nitrogens with zero attached hydrogens (tertiary/aromatic N) is 1. The number of aliphatic imine (C=N–C) groups is 1. The van der Waals surface area contributed by atoms with Gasteiger partial charge >= 0.3 is 5.97 Å². The maximum atomic E-state index is 12.0. The van der Waals surface area contributed by atoms with Gasteiger partial charge in [-0.2, -0.15) is 0 Å². The summed E-state index contributed by atoms with van der Waals surface area (Å²) in [4.78, 5) is 16.4. The van der Waals surface area contributed by atoms with E-state index in [1.165, 1.54) is 5.56 Å². The first-order chi connectivity index (χ1) is 9.61. The van der Waals surface area contributed by atoms with Gasteiger partial charge in [-0.1, -0.05) is 41.5 Å². The van der Waals surface area contributed by atoms with Crippen LogP contribution in [-0.4, -0.2) is 18.0 Å². The summed E-state index contributed by atoms with van der Waals surface area (Å²) in [7, 11) is 0. The van der Waals surface area contributed by atoms with E-state index in [0.717, 1.165) is 11.3 Å². The van der Waals surface area contributed by atoms with Crippen LogP contribution in [0.5, 0.6) is 0 Å². The predicted molar refractivity (Wildman–Crippen MR) is 78.5 cm³/mol. The molecule has 0 aromatic heterocycles. The molecule has 0 fully saturated rings. The van der Waals surface area contributed by atoms with Crippen LogP contribution in [0.2, 0.25) is 0 Å². The standard InChI is InChI=1S/C16H16N2O2/c1-10-3-6-12(7-4-10)17-16-18-14-8-5-11(2)9-13(14)15(19)20-16/h3-9,13-14H,1-2H3,(H,17,18). The molecular formula is C16H16N2O2.